The number of benzene rings is 2. The van der Waals surface area contributed by atoms with Gasteiger partial charge in [0.15, 0.2) is 0 Å². The molecular weight excluding hydrogens is 664 g/mol. The summed E-state index contributed by atoms with van der Waals surface area (Å²) in [6.45, 7) is 0. The minimum absolute atomic E-state index is 0.0690. The Labute approximate surface area is 279 Å². The molecule has 2 heterocycles. The molecule has 6 nitrogen and oxygen atoms in total. The van der Waals surface area contributed by atoms with Crippen molar-refractivity contribution in [3.8, 4) is 0 Å². The van der Waals surface area contributed by atoms with Crippen molar-refractivity contribution < 1.29 is 16.8 Å². The maximum Gasteiger partial charge on any atom is 0.270 e. The van der Waals surface area contributed by atoms with Crippen LogP contribution in [-0.4, -0.2) is 28.9 Å². The summed E-state index contributed by atoms with van der Waals surface area (Å²) in [7, 11) is -1.86. The average Bonchev–Trinajstić information content (AvgIpc) is 3.80. The lowest BCUT2D eigenvalue weighted by atomic mass is 9.94. The van der Waals surface area contributed by atoms with Crippen molar-refractivity contribution in [3.63, 3.8) is 0 Å². The van der Waals surface area contributed by atoms with Crippen LogP contribution < -0.4 is 10.5 Å². The number of fused-ring (bicyclic) bond motifs is 6. The van der Waals surface area contributed by atoms with Gasteiger partial charge in [0.1, 0.15) is 8.42 Å². The van der Waals surface area contributed by atoms with Crippen LogP contribution in [0.3, 0.4) is 0 Å². The van der Waals surface area contributed by atoms with Gasteiger partial charge in [-0.2, -0.15) is 0 Å². The summed E-state index contributed by atoms with van der Waals surface area (Å²) in [4.78, 5) is 0. The minimum Gasteiger partial charge on any atom is -0.327 e. The van der Waals surface area contributed by atoms with E-state index in [2.05, 4.69) is 53.3 Å². The molecule has 4 bridgehead atoms. The van der Waals surface area contributed by atoms with Crippen LogP contribution in [0.1, 0.15) is 47.9 Å². The average molecular weight is 703 g/mol. The topological polar surface area (TPSA) is 106 Å². The predicted molar refractivity (Wildman–Crippen MR) is 184 cm³/mol. The van der Waals surface area contributed by atoms with Crippen LogP contribution in [-0.2, 0) is 44.8 Å². The number of hydrogen-bond donors (Lipinski definition) is 2. The summed E-state index contributed by atoms with van der Waals surface area (Å²) in [5, 5.41) is 3.47. The van der Waals surface area contributed by atoms with Crippen LogP contribution in [0.25, 0.3) is 0 Å². The Kier molecular flexibility index (Phi) is 10.2. The molecule has 2 aromatic heterocycles. The number of rotatable bonds is 4. The van der Waals surface area contributed by atoms with E-state index in [1.165, 1.54) is 54.2 Å². The molecule has 2 fully saturated rings. The second-order valence-corrected chi connectivity index (χ2v) is 19.2. The highest BCUT2D eigenvalue weighted by molar-refractivity contribution is 8.15. The summed E-state index contributed by atoms with van der Waals surface area (Å²) in [6.07, 6.45) is 9.35. The molecule has 4 aliphatic carbocycles. The summed E-state index contributed by atoms with van der Waals surface area (Å²) >= 11 is 2.39. The van der Waals surface area contributed by atoms with Crippen LogP contribution in [0.2, 0.25) is 0 Å². The highest BCUT2D eigenvalue weighted by Crippen LogP contribution is 2.41. The Balaban J connectivity index is 0.000000132. The van der Waals surface area contributed by atoms with E-state index in [1.807, 2.05) is 5.38 Å². The fourth-order valence-electron chi connectivity index (χ4n) is 7.59. The molecule has 0 aliphatic heterocycles. The molecule has 6 atom stereocenters. The Morgan fingerprint density at radius 3 is 1.38 bits per heavy atom. The van der Waals surface area contributed by atoms with E-state index in [9.17, 15) is 16.8 Å². The zero-order chi connectivity index (χ0) is 31.6. The summed E-state index contributed by atoms with van der Waals surface area (Å²) in [6, 6.07) is 24.5. The first-order valence-electron chi connectivity index (χ1n) is 15.5. The van der Waals surface area contributed by atoms with Gasteiger partial charge in [0.25, 0.3) is 9.05 Å². The van der Waals surface area contributed by atoms with Gasteiger partial charge in [0.05, 0.1) is 0 Å². The fraction of sp³-hybridized carbons (Fsp3) is 0.412. The van der Waals surface area contributed by atoms with Gasteiger partial charge >= 0.3 is 0 Å². The Morgan fingerprint density at radius 1 is 0.600 bits per heavy atom. The van der Waals surface area contributed by atoms with E-state index < -0.39 is 19.1 Å². The molecule has 0 amide bonds. The molecule has 0 saturated heterocycles. The number of halogens is 1. The summed E-state index contributed by atoms with van der Waals surface area (Å²) in [5.74, 6) is 2.35. The summed E-state index contributed by atoms with van der Waals surface area (Å²) in [5.41, 5.74) is 12.2. The number of sulfonamides is 1. The molecule has 0 spiro atoms. The highest BCUT2D eigenvalue weighted by Gasteiger charge is 2.41. The van der Waals surface area contributed by atoms with Gasteiger partial charge in [-0.05, 0) is 120 Å². The van der Waals surface area contributed by atoms with Crippen LogP contribution in [0.4, 0.5) is 0 Å². The van der Waals surface area contributed by atoms with Crippen molar-refractivity contribution >= 4 is 52.4 Å². The number of thiophene rings is 2. The fourth-order valence-corrected chi connectivity index (χ4v) is 11.8. The normalized spacial score (nSPS) is 26.6. The number of nitrogens with one attached hydrogen (secondary N) is 1. The lowest BCUT2D eigenvalue weighted by molar-refractivity contribution is 0.386. The van der Waals surface area contributed by atoms with Gasteiger partial charge in [-0.25, -0.2) is 21.6 Å². The van der Waals surface area contributed by atoms with E-state index in [4.69, 9.17) is 16.4 Å². The van der Waals surface area contributed by atoms with Crippen molar-refractivity contribution in [3.05, 3.63) is 106 Å². The lowest BCUT2D eigenvalue weighted by Gasteiger charge is -2.23. The molecule has 3 N–H and O–H groups in total. The quantitative estimate of drug-likeness (QED) is 0.222. The van der Waals surface area contributed by atoms with Gasteiger partial charge in [-0.15, -0.1) is 22.7 Å². The first-order valence-corrected chi connectivity index (χ1v) is 21.1. The molecule has 45 heavy (non-hydrogen) atoms. The third-order valence-electron chi connectivity index (χ3n) is 9.87. The van der Waals surface area contributed by atoms with Crippen LogP contribution in [0.5, 0.6) is 0 Å². The molecule has 2 unspecified atom stereocenters. The first kappa shape index (κ1) is 32.9. The third-order valence-corrected chi connectivity index (χ3v) is 15.7. The van der Waals surface area contributed by atoms with E-state index >= 15 is 0 Å². The molecule has 4 aliphatic rings. The van der Waals surface area contributed by atoms with Crippen molar-refractivity contribution in [1.82, 2.24) is 4.72 Å². The van der Waals surface area contributed by atoms with Gasteiger partial charge in [0, 0.05) is 22.8 Å². The van der Waals surface area contributed by atoms with Crippen molar-refractivity contribution in [2.75, 3.05) is 0 Å². The van der Waals surface area contributed by atoms with Crippen molar-refractivity contribution in [2.24, 2.45) is 29.4 Å². The zero-order valence-corrected chi connectivity index (χ0v) is 28.9. The third kappa shape index (κ3) is 7.75. The largest absolute Gasteiger partial charge is 0.327 e. The molecule has 11 heteroatoms. The van der Waals surface area contributed by atoms with Gasteiger partial charge in [0.2, 0.25) is 10.0 Å². The molecule has 0 radical (unpaired) electrons. The van der Waals surface area contributed by atoms with Crippen molar-refractivity contribution in [2.45, 2.75) is 71.9 Å². The SMILES string of the molecule is NC1[C@@H]2CC[C@H]1Cc1ccccc1C2.O=S(=O)(Cl)c1cccs1.O=S(=O)(NC1[C@@H]2CC[C@H]1Cc1ccccc1C2)c1cccs1. The van der Waals surface area contributed by atoms with E-state index in [0.717, 1.165) is 48.9 Å². The first-order chi connectivity index (χ1) is 21.6. The Hall–Kier alpha value is -2.05. The molecule has 2 saturated carbocycles. The van der Waals surface area contributed by atoms with Gasteiger partial charge in [-0.1, -0.05) is 60.7 Å². The number of nitrogens with two attached hydrogens (primary N) is 1. The maximum absolute atomic E-state index is 12.6. The molecule has 4 aromatic rings. The lowest BCUT2D eigenvalue weighted by Crippen LogP contribution is -2.41. The Morgan fingerprint density at radius 2 is 1.00 bits per heavy atom. The Bertz CT molecular complexity index is 1730. The zero-order valence-electron chi connectivity index (χ0n) is 24.9. The number of hydrogen-bond acceptors (Lipinski definition) is 7. The molecule has 2 aromatic carbocycles. The van der Waals surface area contributed by atoms with E-state index in [-0.39, 0.29) is 10.3 Å². The van der Waals surface area contributed by atoms with Crippen molar-refractivity contribution in [1.29, 1.82) is 0 Å². The monoisotopic (exact) mass is 702 g/mol. The summed E-state index contributed by atoms with van der Waals surface area (Å²) < 4.78 is 49.7. The highest BCUT2D eigenvalue weighted by atomic mass is 35.7. The van der Waals surface area contributed by atoms with Crippen LogP contribution in [0, 0.1) is 23.7 Å². The van der Waals surface area contributed by atoms with Gasteiger partial charge < -0.3 is 5.73 Å². The van der Waals surface area contributed by atoms with E-state index in [0.29, 0.717) is 22.1 Å². The molecule has 240 valence electrons. The van der Waals surface area contributed by atoms with Crippen LogP contribution in [0.15, 0.2) is 92.0 Å². The smallest absolute Gasteiger partial charge is 0.270 e. The molecular formula is C34H39ClN2O4S4. The van der Waals surface area contributed by atoms with E-state index in [1.54, 1.807) is 34.7 Å². The van der Waals surface area contributed by atoms with Crippen LogP contribution >= 0.6 is 33.4 Å². The second-order valence-electron chi connectivity index (χ2n) is 12.6. The maximum atomic E-state index is 12.6. The minimum atomic E-state index is -3.47. The van der Waals surface area contributed by atoms with Gasteiger partial charge in [-0.3, -0.25) is 0 Å². The molecule has 8 rings (SSSR count). The predicted octanol–water partition coefficient (Wildman–Crippen LogP) is 7.03. The second kappa shape index (κ2) is 14.0. The standard InChI is InChI=1S/C17H19NO2S2.C13H17N.C4H3ClO2S2/c19-22(20,16-6-3-9-21-16)18-17-14-7-8-15(17)11-13-5-2-1-4-12(13)10-14;14-13-11-5-6-12(13)8-10-4-2-1-3-9(10)7-11;5-9(6,7)4-2-1-3-8-4/h1-6,9,14-15,17-18H,7-8,10-11H2;1-4,11-13H,5-8,14H2;1-3H/t14-,15+,17?;11-,12+,13?;.